The highest BCUT2D eigenvalue weighted by atomic mass is 35.5. The number of rotatable bonds is 4. The summed E-state index contributed by atoms with van der Waals surface area (Å²) in [5.74, 6) is -0.710. The fourth-order valence-electron chi connectivity index (χ4n) is 1.02. The van der Waals surface area contributed by atoms with E-state index < -0.39 is 0 Å². The molecule has 0 aliphatic carbocycles. The van der Waals surface area contributed by atoms with E-state index in [1.165, 1.54) is 18.2 Å². The van der Waals surface area contributed by atoms with Crippen molar-refractivity contribution in [2.24, 2.45) is 0 Å². The van der Waals surface area contributed by atoms with Gasteiger partial charge in [0.05, 0.1) is 6.54 Å². The van der Waals surface area contributed by atoms with Gasteiger partial charge in [-0.15, -0.1) is 0 Å². The third-order valence-electron chi connectivity index (χ3n) is 1.77. The van der Waals surface area contributed by atoms with Crippen molar-refractivity contribution in [3.63, 3.8) is 0 Å². The zero-order valence-corrected chi connectivity index (χ0v) is 9.30. The first-order valence-corrected chi connectivity index (χ1v) is 5.01. The van der Waals surface area contributed by atoms with Crippen molar-refractivity contribution < 1.29 is 9.18 Å². The lowest BCUT2D eigenvalue weighted by atomic mass is 10.2. The number of hydrogen-bond donors (Lipinski definition) is 1. The summed E-state index contributed by atoms with van der Waals surface area (Å²) in [6.07, 6.45) is 2.65. The van der Waals surface area contributed by atoms with Crippen LogP contribution >= 0.6 is 11.6 Å². The fraction of sp³-hybridized carbons (Fsp3) is 0.0833. The Bertz CT molecular complexity index is 429. The number of amides is 1. The van der Waals surface area contributed by atoms with Crippen LogP contribution in [-0.2, 0) is 4.79 Å². The zero-order valence-electron chi connectivity index (χ0n) is 8.54. The van der Waals surface area contributed by atoms with Gasteiger partial charge in [-0.1, -0.05) is 36.4 Å². The topological polar surface area (TPSA) is 29.1 Å². The third kappa shape index (κ3) is 4.28. The quantitative estimate of drug-likeness (QED) is 0.805. The molecule has 0 fully saturated rings. The molecule has 84 valence electrons. The number of nitrogens with one attached hydrogen (secondary N) is 1. The predicted molar refractivity (Wildman–Crippen MR) is 63.4 cm³/mol. The first-order valence-electron chi connectivity index (χ1n) is 4.63. The fourth-order valence-corrected chi connectivity index (χ4v) is 1.08. The molecule has 0 spiro atoms. The lowest BCUT2D eigenvalue weighted by Crippen LogP contribution is -2.21. The minimum absolute atomic E-state index is 0.196. The van der Waals surface area contributed by atoms with Crippen LogP contribution in [-0.4, -0.2) is 12.5 Å². The van der Waals surface area contributed by atoms with Crippen molar-refractivity contribution >= 4 is 23.6 Å². The Hall–Kier alpha value is -1.61. The molecule has 1 amide bonds. The molecule has 0 aromatic heterocycles. The summed E-state index contributed by atoms with van der Waals surface area (Å²) in [5, 5.41) is 2.83. The smallest absolute Gasteiger partial charge is 0.244 e. The number of halogens is 2. The highest BCUT2D eigenvalue weighted by Crippen LogP contribution is 2.07. The molecular formula is C12H11ClFNO. The van der Waals surface area contributed by atoms with Crippen LogP contribution in [0.25, 0.3) is 6.08 Å². The van der Waals surface area contributed by atoms with E-state index in [-0.39, 0.29) is 18.3 Å². The van der Waals surface area contributed by atoms with E-state index in [9.17, 15) is 9.18 Å². The van der Waals surface area contributed by atoms with Gasteiger partial charge < -0.3 is 5.32 Å². The van der Waals surface area contributed by atoms with Gasteiger partial charge >= 0.3 is 0 Å². The van der Waals surface area contributed by atoms with Crippen LogP contribution < -0.4 is 5.32 Å². The second-order valence-electron chi connectivity index (χ2n) is 3.09. The Kier molecular flexibility index (Phi) is 4.73. The van der Waals surface area contributed by atoms with Gasteiger partial charge in [-0.05, 0) is 12.1 Å². The van der Waals surface area contributed by atoms with Gasteiger partial charge in [0.2, 0.25) is 5.91 Å². The normalized spacial score (nSPS) is 10.4. The Morgan fingerprint density at radius 3 is 2.81 bits per heavy atom. The van der Waals surface area contributed by atoms with E-state index >= 15 is 0 Å². The molecule has 0 aliphatic heterocycles. The SMILES string of the molecule is C=C(Cl)CNC(=O)/C=C/c1ccccc1F. The summed E-state index contributed by atoms with van der Waals surface area (Å²) in [6, 6.07) is 6.20. The lowest BCUT2D eigenvalue weighted by Gasteiger charge is -1.99. The van der Waals surface area contributed by atoms with Gasteiger partial charge in [-0.2, -0.15) is 0 Å². The van der Waals surface area contributed by atoms with Crippen molar-refractivity contribution in [2.45, 2.75) is 0 Å². The first-order chi connectivity index (χ1) is 7.59. The molecule has 1 aromatic carbocycles. The third-order valence-corrected chi connectivity index (χ3v) is 1.91. The standard InChI is InChI=1S/C12H11ClFNO/c1-9(13)8-15-12(16)7-6-10-4-2-3-5-11(10)14/h2-7H,1,8H2,(H,15,16)/b7-6+. The number of carbonyl (C=O) groups is 1. The molecule has 0 bridgehead atoms. The van der Waals surface area contributed by atoms with Gasteiger partial charge in [0.25, 0.3) is 0 Å². The maximum Gasteiger partial charge on any atom is 0.244 e. The average molecular weight is 240 g/mol. The monoisotopic (exact) mass is 239 g/mol. The van der Waals surface area contributed by atoms with Crippen LogP contribution in [0.3, 0.4) is 0 Å². The van der Waals surface area contributed by atoms with Crippen molar-refractivity contribution in [1.82, 2.24) is 5.32 Å². The molecule has 1 rings (SSSR count). The van der Waals surface area contributed by atoms with E-state index in [2.05, 4.69) is 11.9 Å². The van der Waals surface area contributed by atoms with Crippen molar-refractivity contribution in [1.29, 1.82) is 0 Å². The molecule has 0 saturated carbocycles. The summed E-state index contributed by atoms with van der Waals surface area (Å²) in [5.41, 5.74) is 0.363. The molecule has 1 aromatic rings. The molecule has 0 aliphatic rings. The molecule has 0 heterocycles. The molecular weight excluding hydrogens is 229 g/mol. The van der Waals surface area contributed by atoms with Crippen LogP contribution in [0.2, 0.25) is 0 Å². The first kappa shape index (κ1) is 12.5. The molecule has 0 radical (unpaired) electrons. The van der Waals surface area contributed by atoms with Gasteiger partial charge in [-0.3, -0.25) is 4.79 Å². The second-order valence-corrected chi connectivity index (χ2v) is 3.62. The molecule has 0 atom stereocenters. The number of carbonyl (C=O) groups excluding carboxylic acids is 1. The van der Waals surface area contributed by atoms with Crippen LogP contribution in [0.1, 0.15) is 5.56 Å². The Morgan fingerprint density at radius 1 is 1.50 bits per heavy atom. The molecule has 0 saturated heterocycles. The van der Waals surface area contributed by atoms with Crippen molar-refractivity contribution in [3.8, 4) is 0 Å². The van der Waals surface area contributed by atoms with Crippen LogP contribution in [0.5, 0.6) is 0 Å². The summed E-state index contributed by atoms with van der Waals surface area (Å²) in [4.78, 5) is 11.2. The summed E-state index contributed by atoms with van der Waals surface area (Å²) in [6.45, 7) is 3.62. The second kappa shape index (κ2) is 6.08. The zero-order chi connectivity index (χ0) is 12.0. The lowest BCUT2D eigenvalue weighted by molar-refractivity contribution is -0.116. The van der Waals surface area contributed by atoms with Gasteiger partial charge in [0.15, 0.2) is 0 Å². The molecule has 4 heteroatoms. The summed E-state index contributed by atoms with van der Waals surface area (Å²) in [7, 11) is 0. The van der Waals surface area contributed by atoms with E-state index in [0.29, 0.717) is 10.6 Å². The largest absolute Gasteiger partial charge is 0.348 e. The van der Waals surface area contributed by atoms with Gasteiger partial charge in [0, 0.05) is 16.7 Å². The molecule has 2 nitrogen and oxygen atoms in total. The van der Waals surface area contributed by atoms with Gasteiger partial charge in [-0.25, -0.2) is 4.39 Å². The van der Waals surface area contributed by atoms with E-state index in [4.69, 9.17) is 11.6 Å². The maximum atomic E-state index is 13.1. The molecule has 0 unspecified atom stereocenters. The number of hydrogen-bond acceptors (Lipinski definition) is 1. The maximum absolute atomic E-state index is 13.1. The highest BCUT2D eigenvalue weighted by molar-refractivity contribution is 6.29. The minimum Gasteiger partial charge on any atom is -0.348 e. The Morgan fingerprint density at radius 2 is 2.19 bits per heavy atom. The van der Waals surface area contributed by atoms with Crippen molar-refractivity contribution in [2.75, 3.05) is 6.54 Å². The van der Waals surface area contributed by atoms with Crippen molar-refractivity contribution in [3.05, 3.63) is 53.3 Å². The van der Waals surface area contributed by atoms with Gasteiger partial charge in [0.1, 0.15) is 5.82 Å². The van der Waals surface area contributed by atoms with Crippen LogP contribution in [0, 0.1) is 5.82 Å². The Labute approximate surface area is 98.4 Å². The number of benzene rings is 1. The average Bonchev–Trinajstić information content (AvgIpc) is 2.25. The molecule has 16 heavy (non-hydrogen) atoms. The Balaban J connectivity index is 2.57. The van der Waals surface area contributed by atoms with Crippen LogP contribution in [0.4, 0.5) is 4.39 Å². The summed E-state index contributed by atoms with van der Waals surface area (Å²) >= 11 is 5.47. The predicted octanol–water partition coefficient (Wildman–Crippen LogP) is 2.71. The molecule has 1 N–H and O–H groups in total. The highest BCUT2D eigenvalue weighted by Gasteiger charge is 1.98. The minimum atomic E-state index is -0.367. The van der Waals surface area contributed by atoms with E-state index in [0.717, 1.165) is 0 Å². The van der Waals surface area contributed by atoms with Crippen LogP contribution in [0.15, 0.2) is 42.0 Å². The summed E-state index contributed by atoms with van der Waals surface area (Å²) < 4.78 is 13.1. The van der Waals surface area contributed by atoms with E-state index in [1.807, 2.05) is 0 Å². The van der Waals surface area contributed by atoms with E-state index in [1.54, 1.807) is 18.2 Å².